The fourth-order valence-corrected chi connectivity index (χ4v) is 2.37. The van der Waals surface area contributed by atoms with Crippen LogP contribution in [0, 0.1) is 13.8 Å². The lowest BCUT2D eigenvalue weighted by Crippen LogP contribution is -2.12. The molecule has 3 rings (SSSR count). The van der Waals surface area contributed by atoms with E-state index in [9.17, 15) is 4.79 Å². The number of nitrogens with zero attached hydrogens (tertiary/aromatic N) is 1. The summed E-state index contributed by atoms with van der Waals surface area (Å²) < 4.78 is 0. The van der Waals surface area contributed by atoms with Gasteiger partial charge in [-0.2, -0.15) is 5.10 Å². The van der Waals surface area contributed by atoms with Crippen molar-refractivity contribution >= 4 is 11.6 Å². The van der Waals surface area contributed by atoms with Gasteiger partial charge in [0.05, 0.1) is 17.1 Å². The van der Waals surface area contributed by atoms with Gasteiger partial charge in [0.15, 0.2) is 0 Å². The third kappa shape index (κ3) is 2.76. The van der Waals surface area contributed by atoms with Crippen molar-refractivity contribution in [3.05, 3.63) is 71.5 Å². The number of benzene rings is 2. The van der Waals surface area contributed by atoms with Crippen LogP contribution in [-0.2, 0) is 0 Å². The summed E-state index contributed by atoms with van der Waals surface area (Å²) in [6.45, 7) is 3.74. The Bertz CT molecular complexity index is 769. The molecule has 2 aromatic carbocycles. The summed E-state index contributed by atoms with van der Waals surface area (Å²) in [6.07, 6.45) is 0. The summed E-state index contributed by atoms with van der Waals surface area (Å²) in [5, 5.41) is 9.84. The number of nitrogens with one attached hydrogen (secondary N) is 2. The van der Waals surface area contributed by atoms with Gasteiger partial charge >= 0.3 is 0 Å². The number of hydrogen-bond donors (Lipinski definition) is 2. The van der Waals surface area contributed by atoms with Crippen LogP contribution in [0.1, 0.15) is 21.7 Å². The quantitative estimate of drug-likeness (QED) is 0.767. The molecule has 0 saturated carbocycles. The summed E-state index contributed by atoms with van der Waals surface area (Å²) in [5.74, 6) is -0.132. The van der Waals surface area contributed by atoms with Crippen LogP contribution in [0.25, 0.3) is 11.1 Å². The molecule has 110 valence electrons. The van der Waals surface area contributed by atoms with Crippen LogP contribution >= 0.6 is 0 Å². The first-order valence-electron chi connectivity index (χ1n) is 7.13. The second-order valence-electron chi connectivity index (χ2n) is 5.21. The van der Waals surface area contributed by atoms with Gasteiger partial charge in [-0.25, -0.2) is 0 Å². The van der Waals surface area contributed by atoms with Crippen LogP contribution < -0.4 is 5.32 Å². The largest absolute Gasteiger partial charge is 0.319 e. The Balaban J connectivity index is 1.80. The van der Waals surface area contributed by atoms with E-state index in [1.54, 1.807) is 0 Å². The van der Waals surface area contributed by atoms with E-state index in [2.05, 4.69) is 15.5 Å². The van der Waals surface area contributed by atoms with Gasteiger partial charge in [0.2, 0.25) is 0 Å². The molecule has 1 aromatic heterocycles. The summed E-state index contributed by atoms with van der Waals surface area (Å²) in [4.78, 5) is 12.3. The van der Waals surface area contributed by atoms with Crippen LogP contribution in [-0.4, -0.2) is 16.1 Å². The molecule has 1 amide bonds. The number of aryl methyl sites for hydroxylation is 2. The maximum absolute atomic E-state index is 12.3. The average molecular weight is 291 g/mol. The number of hydrogen-bond acceptors (Lipinski definition) is 2. The third-order valence-corrected chi connectivity index (χ3v) is 3.62. The topological polar surface area (TPSA) is 57.8 Å². The van der Waals surface area contributed by atoms with Gasteiger partial charge in [0.25, 0.3) is 5.91 Å². The molecule has 0 aliphatic heterocycles. The van der Waals surface area contributed by atoms with Gasteiger partial charge in [-0.1, -0.05) is 42.5 Å². The predicted molar refractivity (Wildman–Crippen MR) is 87.9 cm³/mol. The number of carbonyl (C=O) groups excluding carboxylic acids is 1. The minimum absolute atomic E-state index is 0.132. The number of amides is 1. The van der Waals surface area contributed by atoms with Gasteiger partial charge in [-0.05, 0) is 37.1 Å². The van der Waals surface area contributed by atoms with E-state index in [0.717, 1.165) is 28.2 Å². The zero-order valence-corrected chi connectivity index (χ0v) is 12.6. The first-order valence-corrected chi connectivity index (χ1v) is 7.13. The van der Waals surface area contributed by atoms with Crippen molar-refractivity contribution in [1.29, 1.82) is 0 Å². The van der Waals surface area contributed by atoms with Gasteiger partial charge in [-0.3, -0.25) is 9.89 Å². The van der Waals surface area contributed by atoms with Crippen LogP contribution in [0.5, 0.6) is 0 Å². The number of H-pyrrole nitrogens is 1. The van der Waals surface area contributed by atoms with Crippen molar-refractivity contribution in [2.45, 2.75) is 13.8 Å². The Morgan fingerprint density at radius 3 is 2.18 bits per heavy atom. The number of anilines is 1. The van der Waals surface area contributed by atoms with Crippen LogP contribution in [0.4, 0.5) is 5.69 Å². The molecular weight excluding hydrogens is 274 g/mol. The fraction of sp³-hybridized carbons (Fsp3) is 0.111. The standard InChI is InChI=1S/C18H17N3O/c1-12-17(13(2)21-20-12)19-18(22)16-10-8-15(9-11-16)14-6-4-3-5-7-14/h3-11H,1-2H3,(H,19,22)(H,20,21). The molecule has 22 heavy (non-hydrogen) atoms. The highest BCUT2D eigenvalue weighted by Crippen LogP contribution is 2.21. The predicted octanol–water partition coefficient (Wildman–Crippen LogP) is 3.95. The third-order valence-electron chi connectivity index (χ3n) is 3.62. The van der Waals surface area contributed by atoms with Crippen LogP contribution in [0.15, 0.2) is 54.6 Å². The Labute approximate surface area is 129 Å². The maximum atomic E-state index is 12.3. The molecule has 0 bridgehead atoms. The molecular formula is C18H17N3O. The van der Waals surface area contributed by atoms with Crippen molar-refractivity contribution < 1.29 is 4.79 Å². The van der Waals surface area contributed by atoms with Crippen LogP contribution in [0.2, 0.25) is 0 Å². The fourth-order valence-electron chi connectivity index (χ4n) is 2.37. The molecule has 0 radical (unpaired) electrons. The molecule has 1 heterocycles. The lowest BCUT2D eigenvalue weighted by molar-refractivity contribution is 0.102. The Kier molecular flexibility index (Phi) is 3.74. The molecule has 0 unspecified atom stereocenters. The van der Waals surface area contributed by atoms with Crippen molar-refractivity contribution in [3.63, 3.8) is 0 Å². The smallest absolute Gasteiger partial charge is 0.255 e. The molecule has 4 nitrogen and oxygen atoms in total. The number of aromatic nitrogens is 2. The number of carbonyl (C=O) groups is 1. The normalized spacial score (nSPS) is 10.5. The monoisotopic (exact) mass is 291 g/mol. The maximum Gasteiger partial charge on any atom is 0.255 e. The molecule has 0 fully saturated rings. The molecule has 4 heteroatoms. The molecule has 0 aliphatic rings. The summed E-state index contributed by atoms with van der Waals surface area (Å²) in [6, 6.07) is 17.7. The summed E-state index contributed by atoms with van der Waals surface area (Å²) >= 11 is 0. The Hall–Kier alpha value is -2.88. The van der Waals surface area contributed by atoms with E-state index in [1.807, 2.05) is 68.4 Å². The number of rotatable bonds is 3. The summed E-state index contributed by atoms with van der Waals surface area (Å²) in [7, 11) is 0. The zero-order chi connectivity index (χ0) is 15.5. The van der Waals surface area contributed by atoms with E-state index in [-0.39, 0.29) is 5.91 Å². The highest BCUT2D eigenvalue weighted by molar-refractivity contribution is 6.05. The van der Waals surface area contributed by atoms with E-state index in [0.29, 0.717) is 5.56 Å². The van der Waals surface area contributed by atoms with Crippen molar-refractivity contribution in [2.24, 2.45) is 0 Å². The van der Waals surface area contributed by atoms with Crippen molar-refractivity contribution in [3.8, 4) is 11.1 Å². The van der Waals surface area contributed by atoms with E-state index >= 15 is 0 Å². The van der Waals surface area contributed by atoms with E-state index in [1.165, 1.54) is 0 Å². The minimum atomic E-state index is -0.132. The molecule has 0 aliphatic carbocycles. The molecule has 0 spiro atoms. The second-order valence-corrected chi connectivity index (χ2v) is 5.21. The molecule has 0 saturated heterocycles. The zero-order valence-electron chi connectivity index (χ0n) is 12.6. The average Bonchev–Trinajstić information content (AvgIpc) is 2.88. The molecule has 3 aromatic rings. The van der Waals surface area contributed by atoms with Crippen molar-refractivity contribution in [2.75, 3.05) is 5.32 Å². The first-order chi connectivity index (χ1) is 10.6. The lowest BCUT2D eigenvalue weighted by Gasteiger charge is -2.07. The Morgan fingerprint density at radius 2 is 1.59 bits per heavy atom. The first kappa shape index (κ1) is 14.1. The lowest BCUT2D eigenvalue weighted by atomic mass is 10.0. The van der Waals surface area contributed by atoms with Crippen LogP contribution in [0.3, 0.4) is 0 Å². The van der Waals surface area contributed by atoms with Crippen molar-refractivity contribution in [1.82, 2.24) is 10.2 Å². The van der Waals surface area contributed by atoms with Gasteiger partial charge < -0.3 is 5.32 Å². The number of aromatic amines is 1. The van der Waals surface area contributed by atoms with E-state index in [4.69, 9.17) is 0 Å². The van der Waals surface area contributed by atoms with Gasteiger partial charge in [0, 0.05) is 5.56 Å². The second kappa shape index (κ2) is 5.85. The SMILES string of the molecule is Cc1n[nH]c(C)c1NC(=O)c1ccc(-c2ccccc2)cc1. The highest BCUT2D eigenvalue weighted by Gasteiger charge is 2.12. The van der Waals surface area contributed by atoms with Gasteiger partial charge in [-0.15, -0.1) is 0 Å². The Morgan fingerprint density at radius 1 is 0.955 bits per heavy atom. The molecule has 2 N–H and O–H groups in total. The van der Waals surface area contributed by atoms with Gasteiger partial charge in [0.1, 0.15) is 0 Å². The highest BCUT2D eigenvalue weighted by atomic mass is 16.1. The molecule has 0 atom stereocenters. The minimum Gasteiger partial charge on any atom is -0.319 e. The summed E-state index contributed by atoms with van der Waals surface area (Å²) in [5.41, 5.74) is 5.24. The van der Waals surface area contributed by atoms with E-state index < -0.39 is 0 Å².